The molecule has 2 aliphatic rings. The Labute approximate surface area is 169 Å². The molecule has 6 heteroatoms. The van der Waals surface area contributed by atoms with Crippen LogP contribution < -0.4 is 4.90 Å². The number of nitrogens with zero attached hydrogens (tertiary/aromatic N) is 3. The van der Waals surface area contributed by atoms with Crippen molar-refractivity contribution in [2.45, 2.75) is 46.2 Å². The van der Waals surface area contributed by atoms with Crippen LogP contribution in [-0.4, -0.2) is 66.3 Å². The molecule has 0 radical (unpaired) electrons. The molecule has 0 bridgehead atoms. The van der Waals surface area contributed by atoms with Crippen LogP contribution >= 0.6 is 12.4 Å². The summed E-state index contributed by atoms with van der Waals surface area (Å²) < 4.78 is 0. The maximum Gasteiger partial charge on any atom is 0.227 e. The van der Waals surface area contributed by atoms with Gasteiger partial charge in [-0.25, -0.2) is 0 Å². The number of anilines is 1. The van der Waals surface area contributed by atoms with E-state index in [1.54, 1.807) is 6.92 Å². The van der Waals surface area contributed by atoms with Gasteiger partial charge in [0.1, 0.15) is 0 Å². The highest BCUT2D eigenvalue weighted by atomic mass is 35.5. The smallest absolute Gasteiger partial charge is 0.227 e. The standard InChI is InChI=1S/C21H31N3O2.ClH/c1-15(2)24-12-11-23(13-16(24)3)21(26)19-9-10-22(14-19)20-7-5-18(6-8-20)17(4)25;/h5-8,15-16,19H,9-14H2,1-4H3;1H/t16-,19-;/m0./s1. The van der Waals surface area contributed by atoms with Gasteiger partial charge in [-0.2, -0.15) is 0 Å². The van der Waals surface area contributed by atoms with E-state index in [9.17, 15) is 9.59 Å². The summed E-state index contributed by atoms with van der Waals surface area (Å²) in [7, 11) is 0. The summed E-state index contributed by atoms with van der Waals surface area (Å²) in [5.74, 6) is 0.476. The highest BCUT2D eigenvalue weighted by Gasteiger charge is 2.35. The van der Waals surface area contributed by atoms with Crippen LogP contribution in [0, 0.1) is 5.92 Å². The van der Waals surface area contributed by atoms with Gasteiger partial charge in [-0.3, -0.25) is 14.5 Å². The minimum Gasteiger partial charge on any atom is -0.371 e. The molecule has 1 aromatic rings. The fourth-order valence-corrected chi connectivity index (χ4v) is 4.30. The van der Waals surface area contributed by atoms with Gasteiger partial charge in [-0.15, -0.1) is 12.4 Å². The fourth-order valence-electron chi connectivity index (χ4n) is 4.30. The van der Waals surface area contributed by atoms with Crippen LogP contribution in [0.3, 0.4) is 0 Å². The first kappa shape index (κ1) is 21.7. The van der Waals surface area contributed by atoms with Crippen molar-refractivity contribution in [1.29, 1.82) is 0 Å². The quantitative estimate of drug-likeness (QED) is 0.737. The molecule has 150 valence electrons. The Morgan fingerprint density at radius 2 is 1.70 bits per heavy atom. The summed E-state index contributed by atoms with van der Waals surface area (Å²) in [6.07, 6.45) is 0.909. The molecule has 0 aromatic heterocycles. The van der Waals surface area contributed by atoms with Crippen molar-refractivity contribution in [2.75, 3.05) is 37.6 Å². The molecule has 2 atom stereocenters. The molecule has 1 amide bonds. The lowest BCUT2D eigenvalue weighted by atomic mass is 10.0. The average molecular weight is 394 g/mol. The second-order valence-corrected chi connectivity index (χ2v) is 8.00. The first-order valence-electron chi connectivity index (χ1n) is 9.77. The van der Waals surface area contributed by atoms with Gasteiger partial charge in [-0.1, -0.05) is 0 Å². The van der Waals surface area contributed by atoms with Crippen molar-refractivity contribution < 1.29 is 9.59 Å². The van der Waals surface area contributed by atoms with Gasteiger partial charge in [-0.05, 0) is 58.4 Å². The highest BCUT2D eigenvalue weighted by molar-refractivity contribution is 5.94. The number of halogens is 1. The predicted molar refractivity (Wildman–Crippen MR) is 112 cm³/mol. The third-order valence-corrected chi connectivity index (χ3v) is 5.83. The molecule has 2 aliphatic heterocycles. The van der Waals surface area contributed by atoms with Crippen molar-refractivity contribution in [3.63, 3.8) is 0 Å². The molecule has 1 aromatic carbocycles. The van der Waals surface area contributed by atoms with Crippen molar-refractivity contribution in [1.82, 2.24) is 9.80 Å². The molecule has 0 aliphatic carbocycles. The van der Waals surface area contributed by atoms with E-state index in [-0.39, 0.29) is 24.1 Å². The summed E-state index contributed by atoms with van der Waals surface area (Å²) >= 11 is 0. The van der Waals surface area contributed by atoms with Crippen LogP contribution in [0.1, 0.15) is 44.5 Å². The van der Waals surface area contributed by atoms with Gasteiger partial charge in [0.15, 0.2) is 5.78 Å². The van der Waals surface area contributed by atoms with Gasteiger partial charge in [0.05, 0.1) is 5.92 Å². The van der Waals surface area contributed by atoms with Crippen LogP contribution in [0.2, 0.25) is 0 Å². The molecule has 0 unspecified atom stereocenters. The maximum absolute atomic E-state index is 13.0. The molecule has 2 fully saturated rings. The van der Waals surface area contributed by atoms with Crippen LogP contribution in [0.4, 0.5) is 5.69 Å². The topological polar surface area (TPSA) is 43.9 Å². The number of ketones is 1. The SMILES string of the molecule is CC(=O)c1ccc(N2CC[C@H](C(=O)N3CCN(C(C)C)[C@@H](C)C3)C2)cc1.Cl. The molecule has 2 heterocycles. The molecule has 5 nitrogen and oxygen atoms in total. The largest absolute Gasteiger partial charge is 0.371 e. The number of piperazine rings is 1. The zero-order valence-electron chi connectivity index (χ0n) is 16.9. The summed E-state index contributed by atoms with van der Waals surface area (Å²) in [5.41, 5.74) is 1.83. The van der Waals surface area contributed by atoms with E-state index in [1.807, 2.05) is 24.3 Å². The van der Waals surface area contributed by atoms with Gasteiger partial charge < -0.3 is 9.80 Å². The van der Waals surface area contributed by atoms with Gasteiger partial charge in [0.2, 0.25) is 5.91 Å². The zero-order chi connectivity index (χ0) is 18.8. The molecular weight excluding hydrogens is 362 g/mol. The number of carbonyl (C=O) groups excluding carboxylic acids is 2. The van der Waals surface area contributed by atoms with E-state index in [4.69, 9.17) is 0 Å². The van der Waals surface area contributed by atoms with Crippen LogP contribution in [0.15, 0.2) is 24.3 Å². The fraction of sp³-hybridized carbons (Fsp3) is 0.619. The van der Waals surface area contributed by atoms with Gasteiger partial charge in [0, 0.05) is 56.1 Å². The Balaban J connectivity index is 0.00000261. The van der Waals surface area contributed by atoms with Crippen molar-refractivity contribution in [3.8, 4) is 0 Å². The van der Waals surface area contributed by atoms with Crippen molar-refractivity contribution >= 4 is 29.8 Å². The third-order valence-electron chi connectivity index (χ3n) is 5.83. The molecule has 2 saturated heterocycles. The molecule has 3 rings (SSSR count). The normalized spacial score (nSPS) is 23.4. The Morgan fingerprint density at radius 1 is 1.04 bits per heavy atom. The first-order valence-corrected chi connectivity index (χ1v) is 9.77. The third kappa shape index (κ3) is 4.82. The van der Waals surface area contributed by atoms with E-state index in [2.05, 4.69) is 35.5 Å². The molecule has 0 saturated carbocycles. The van der Waals surface area contributed by atoms with Gasteiger partial charge >= 0.3 is 0 Å². The van der Waals surface area contributed by atoms with Crippen molar-refractivity contribution in [2.24, 2.45) is 5.92 Å². The lowest BCUT2D eigenvalue weighted by Gasteiger charge is -2.42. The number of carbonyl (C=O) groups is 2. The van der Waals surface area contributed by atoms with Crippen LogP contribution in [0.5, 0.6) is 0 Å². The van der Waals surface area contributed by atoms with E-state index in [0.717, 1.165) is 50.4 Å². The highest BCUT2D eigenvalue weighted by Crippen LogP contribution is 2.26. The maximum atomic E-state index is 13.0. The lowest BCUT2D eigenvalue weighted by Crippen LogP contribution is -2.56. The number of rotatable bonds is 4. The van der Waals surface area contributed by atoms with E-state index >= 15 is 0 Å². The molecule has 0 N–H and O–H groups in total. The Morgan fingerprint density at radius 3 is 2.26 bits per heavy atom. The molecule has 27 heavy (non-hydrogen) atoms. The summed E-state index contributed by atoms with van der Waals surface area (Å²) in [5, 5.41) is 0. The van der Waals surface area contributed by atoms with Crippen molar-refractivity contribution in [3.05, 3.63) is 29.8 Å². The summed E-state index contributed by atoms with van der Waals surface area (Å²) in [6.45, 7) is 12.6. The second kappa shape index (κ2) is 9.07. The van der Waals surface area contributed by atoms with Gasteiger partial charge in [0.25, 0.3) is 0 Å². The lowest BCUT2D eigenvalue weighted by molar-refractivity contribution is -0.138. The second-order valence-electron chi connectivity index (χ2n) is 8.00. The number of hydrogen-bond donors (Lipinski definition) is 0. The average Bonchev–Trinajstić information content (AvgIpc) is 3.10. The first-order chi connectivity index (χ1) is 12.4. The Kier molecular flexibility index (Phi) is 7.29. The number of benzene rings is 1. The Hall–Kier alpha value is -1.59. The summed E-state index contributed by atoms with van der Waals surface area (Å²) in [4.78, 5) is 31.2. The molecular formula is C21H32ClN3O2. The number of Topliss-reactive ketones (excluding diaryl/α,β-unsaturated/α-hetero) is 1. The minimum absolute atomic E-state index is 0. The Bertz CT molecular complexity index is 662. The van der Waals surface area contributed by atoms with E-state index in [1.165, 1.54) is 0 Å². The summed E-state index contributed by atoms with van der Waals surface area (Å²) in [6, 6.07) is 8.69. The predicted octanol–water partition coefficient (Wildman–Crippen LogP) is 3.08. The molecule has 0 spiro atoms. The van der Waals surface area contributed by atoms with Crippen LogP contribution in [-0.2, 0) is 4.79 Å². The van der Waals surface area contributed by atoms with E-state index < -0.39 is 0 Å². The monoisotopic (exact) mass is 393 g/mol. The minimum atomic E-state index is 0. The zero-order valence-corrected chi connectivity index (χ0v) is 17.7. The number of hydrogen-bond acceptors (Lipinski definition) is 4. The van der Waals surface area contributed by atoms with E-state index in [0.29, 0.717) is 18.0 Å². The van der Waals surface area contributed by atoms with Crippen LogP contribution in [0.25, 0.3) is 0 Å². The number of amides is 1.